The quantitative estimate of drug-likeness (QED) is 0.501. The minimum atomic E-state index is -0.0976. The summed E-state index contributed by atoms with van der Waals surface area (Å²) in [5.41, 5.74) is 0.551. The molecule has 4 nitrogen and oxygen atoms in total. The first-order valence-corrected chi connectivity index (χ1v) is 12.0. The normalized spacial score (nSPS) is 51.3. The van der Waals surface area contributed by atoms with Gasteiger partial charge in [-0.3, -0.25) is 9.59 Å². The lowest BCUT2D eigenvalue weighted by atomic mass is 9.44. The number of fused-ring (bicyclic) bond motifs is 7. The summed E-state index contributed by atoms with van der Waals surface area (Å²) in [7, 11) is 1.48. The van der Waals surface area contributed by atoms with Crippen LogP contribution in [0.3, 0.4) is 0 Å². The molecule has 0 aromatic heterocycles. The summed E-state index contributed by atoms with van der Waals surface area (Å²) in [6.07, 6.45) is 10.3. The molecule has 162 valence electrons. The van der Waals surface area contributed by atoms with Crippen molar-refractivity contribution in [2.75, 3.05) is 7.11 Å². The third kappa shape index (κ3) is 2.87. The number of methoxy groups -OCH3 is 1. The highest BCUT2D eigenvalue weighted by Gasteiger charge is 2.67. The van der Waals surface area contributed by atoms with Gasteiger partial charge in [-0.25, -0.2) is 0 Å². The molecule has 5 rings (SSSR count). The SMILES string of the molecule is COC(=O)CC[C@@H](C)[C@H]1CC[C@H]2[C@@H]3C(=O)C[C@@H]4[C@H]5O[C@H]5CC[C@]4(C)[C@H]3CC[C@]12C. The molecule has 1 aliphatic heterocycles. The van der Waals surface area contributed by atoms with E-state index in [9.17, 15) is 9.59 Å². The Morgan fingerprint density at radius 1 is 1.10 bits per heavy atom. The second-order valence-corrected chi connectivity index (χ2v) is 11.5. The van der Waals surface area contributed by atoms with Crippen LogP contribution < -0.4 is 0 Å². The van der Waals surface area contributed by atoms with Crippen LogP contribution in [0, 0.1) is 46.3 Å². The zero-order valence-corrected chi connectivity index (χ0v) is 18.6. The Morgan fingerprint density at radius 3 is 2.59 bits per heavy atom. The molecule has 0 bridgehead atoms. The number of epoxide rings is 1. The molecule has 4 saturated carbocycles. The van der Waals surface area contributed by atoms with E-state index in [2.05, 4.69) is 20.8 Å². The Labute approximate surface area is 175 Å². The molecule has 10 atom stereocenters. The van der Waals surface area contributed by atoms with E-state index in [1.807, 2.05) is 0 Å². The first kappa shape index (κ1) is 20.0. The maximum atomic E-state index is 13.5. The Kier molecular flexibility index (Phi) is 4.70. The molecule has 5 aliphatic rings. The van der Waals surface area contributed by atoms with E-state index in [0.29, 0.717) is 59.4 Å². The standard InChI is InChI=1S/C25H38O4/c1-14(5-8-21(27)28-4)15-6-7-16-22-17(9-11-24(15,16)2)25(3)12-10-20-23(29-20)18(25)13-19(22)26/h14-18,20,22-23H,5-13H2,1-4H3/t14-,15-,16+,17+,18-,20+,22+,23-,24-,25-/m1/s1. The van der Waals surface area contributed by atoms with E-state index in [4.69, 9.17) is 9.47 Å². The summed E-state index contributed by atoms with van der Waals surface area (Å²) in [4.78, 5) is 25.1. The Balaban J connectivity index is 1.36. The van der Waals surface area contributed by atoms with Crippen molar-refractivity contribution in [1.29, 1.82) is 0 Å². The van der Waals surface area contributed by atoms with Crippen LogP contribution in [0.2, 0.25) is 0 Å². The van der Waals surface area contributed by atoms with Crippen molar-refractivity contribution in [3.8, 4) is 0 Å². The zero-order chi connectivity index (χ0) is 20.6. The average Bonchev–Trinajstić information content (AvgIpc) is 3.40. The van der Waals surface area contributed by atoms with Gasteiger partial charge in [0, 0.05) is 24.7 Å². The van der Waals surface area contributed by atoms with Gasteiger partial charge in [-0.15, -0.1) is 0 Å². The van der Waals surface area contributed by atoms with Gasteiger partial charge < -0.3 is 9.47 Å². The smallest absolute Gasteiger partial charge is 0.305 e. The van der Waals surface area contributed by atoms with Gasteiger partial charge in [0.2, 0.25) is 0 Å². The van der Waals surface area contributed by atoms with Crippen LogP contribution in [0.5, 0.6) is 0 Å². The van der Waals surface area contributed by atoms with Gasteiger partial charge in [-0.2, -0.15) is 0 Å². The van der Waals surface area contributed by atoms with E-state index in [1.165, 1.54) is 45.6 Å². The number of carbonyl (C=O) groups is 2. The van der Waals surface area contributed by atoms with Crippen molar-refractivity contribution in [2.24, 2.45) is 46.3 Å². The summed E-state index contributed by atoms with van der Waals surface area (Å²) in [5.74, 6) is 3.42. The molecule has 0 N–H and O–H groups in total. The molecule has 0 amide bonds. The Hall–Kier alpha value is -0.900. The molecule has 0 aromatic carbocycles. The predicted molar refractivity (Wildman–Crippen MR) is 110 cm³/mol. The number of hydrogen-bond donors (Lipinski definition) is 0. The molecule has 1 saturated heterocycles. The lowest BCUT2D eigenvalue weighted by Gasteiger charge is -2.59. The van der Waals surface area contributed by atoms with Crippen molar-refractivity contribution in [1.82, 2.24) is 0 Å². The van der Waals surface area contributed by atoms with Crippen molar-refractivity contribution in [2.45, 2.75) is 90.8 Å². The number of ether oxygens (including phenoxy) is 2. The largest absolute Gasteiger partial charge is 0.469 e. The van der Waals surface area contributed by atoms with Gasteiger partial charge in [-0.1, -0.05) is 20.8 Å². The molecule has 5 fully saturated rings. The minimum absolute atomic E-state index is 0.0976. The highest BCUT2D eigenvalue weighted by Crippen LogP contribution is 2.69. The molecule has 0 unspecified atom stereocenters. The summed E-state index contributed by atoms with van der Waals surface area (Å²) < 4.78 is 10.8. The monoisotopic (exact) mass is 402 g/mol. The van der Waals surface area contributed by atoms with Crippen LogP contribution in [0.4, 0.5) is 0 Å². The molecular formula is C25H38O4. The fraction of sp³-hybridized carbons (Fsp3) is 0.920. The van der Waals surface area contributed by atoms with Crippen molar-refractivity contribution in [3.63, 3.8) is 0 Å². The molecule has 0 radical (unpaired) electrons. The Bertz CT molecular complexity index is 703. The van der Waals surface area contributed by atoms with Crippen LogP contribution in [-0.2, 0) is 19.1 Å². The van der Waals surface area contributed by atoms with Crippen LogP contribution in [0.1, 0.15) is 78.6 Å². The molecule has 0 spiro atoms. The fourth-order valence-corrected chi connectivity index (χ4v) is 8.87. The first-order chi connectivity index (χ1) is 13.8. The molecule has 1 heterocycles. The topological polar surface area (TPSA) is 55.9 Å². The van der Waals surface area contributed by atoms with Crippen molar-refractivity contribution >= 4 is 11.8 Å². The van der Waals surface area contributed by atoms with E-state index in [0.717, 1.165) is 12.8 Å². The minimum Gasteiger partial charge on any atom is -0.469 e. The fourth-order valence-electron chi connectivity index (χ4n) is 8.87. The first-order valence-electron chi connectivity index (χ1n) is 12.0. The maximum absolute atomic E-state index is 13.5. The van der Waals surface area contributed by atoms with Crippen molar-refractivity contribution < 1.29 is 19.1 Å². The van der Waals surface area contributed by atoms with E-state index in [1.54, 1.807) is 0 Å². The van der Waals surface area contributed by atoms with E-state index >= 15 is 0 Å². The number of esters is 1. The number of carbonyl (C=O) groups excluding carboxylic acids is 2. The Morgan fingerprint density at radius 2 is 1.83 bits per heavy atom. The van der Waals surface area contributed by atoms with Gasteiger partial charge in [0.05, 0.1) is 19.3 Å². The summed E-state index contributed by atoms with van der Waals surface area (Å²) >= 11 is 0. The van der Waals surface area contributed by atoms with Crippen LogP contribution in [0.15, 0.2) is 0 Å². The predicted octanol–water partition coefficient (Wildman–Crippen LogP) is 4.79. The third-order valence-electron chi connectivity index (χ3n) is 10.5. The summed E-state index contributed by atoms with van der Waals surface area (Å²) in [6.45, 7) is 7.29. The van der Waals surface area contributed by atoms with E-state index in [-0.39, 0.29) is 17.3 Å². The number of rotatable bonds is 4. The maximum Gasteiger partial charge on any atom is 0.305 e. The van der Waals surface area contributed by atoms with Crippen LogP contribution >= 0.6 is 0 Å². The lowest BCUT2D eigenvalue weighted by molar-refractivity contribution is -0.155. The van der Waals surface area contributed by atoms with Gasteiger partial charge in [0.25, 0.3) is 0 Å². The molecule has 29 heavy (non-hydrogen) atoms. The molecule has 4 heteroatoms. The summed E-state index contributed by atoms with van der Waals surface area (Å²) in [6, 6.07) is 0. The van der Waals surface area contributed by atoms with Crippen LogP contribution in [-0.4, -0.2) is 31.1 Å². The number of Topliss-reactive ketones (excluding diaryl/α,β-unsaturated/α-hetero) is 1. The molecule has 0 aromatic rings. The highest BCUT2D eigenvalue weighted by molar-refractivity contribution is 5.83. The van der Waals surface area contributed by atoms with Gasteiger partial charge in [0.15, 0.2) is 0 Å². The number of hydrogen-bond acceptors (Lipinski definition) is 4. The lowest BCUT2D eigenvalue weighted by Crippen LogP contribution is -2.57. The zero-order valence-electron chi connectivity index (χ0n) is 18.6. The molecule has 4 aliphatic carbocycles. The van der Waals surface area contributed by atoms with Crippen molar-refractivity contribution in [3.05, 3.63) is 0 Å². The van der Waals surface area contributed by atoms with Gasteiger partial charge in [0.1, 0.15) is 5.78 Å². The third-order valence-corrected chi connectivity index (χ3v) is 10.5. The van der Waals surface area contributed by atoms with Gasteiger partial charge >= 0.3 is 5.97 Å². The molecular weight excluding hydrogens is 364 g/mol. The van der Waals surface area contributed by atoms with E-state index < -0.39 is 0 Å². The summed E-state index contributed by atoms with van der Waals surface area (Å²) in [5, 5.41) is 0. The van der Waals surface area contributed by atoms with Gasteiger partial charge in [-0.05, 0) is 79.4 Å². The average molecular weight is 403 g/mol. The number of ketones is 1. The second-order valence-electron chi connectivity index (χ2n) is 11.5. The highest BCUT2D eigenvalue weighted by atomic mass is 16.6. The van der Waals surface area contributed by atoms with Crippen LogP contribution in [0.25, 0.3) is 0 Å². The second kappa shape index (κ2) is 6.80.